The lowest BCUT2D eigenvalue weighted by molar-refractivity contribution is 0.0948. The Morgan fingerprint density at radius 1 is 1.09 bits per heavy atom. The van der Waals surface area contributed by atoms with Crippen molar-refractivity contribution < 1.29 is 14.3 Å². The molecule has 2 heterocycles. The number of methoxy groups -OCH3 is 2. The Morgan fingerprint density at radius 3 is 2.27 bits per heavy atom. The van der Waals surface area contributed by atoms with E-state index in [2.05, 4.69) is 24.1 Å². The molecule has 1 aliphatic heterocycles. The second-order valence-corrected chi connectivity index (χ2v) is 9.96. The lowest BCUT2D eigenvalue weighted by Crippen LogP contribution is -2.40. The predicted molar refractivity (Wildman–Crippen MR) is 132 cm³/mol. The Hall–Kier alpha value is -2.54. The van der Waals surface area contributed by atoms with Crippen LogP contribution in [0.3, 0.4) is 0 Å². The summed E-state index contributed by atoms with van der Waals surface area (Å²) in [4.78, 5) is 28.8. The zero-order chi connectivity index (χ0) is 24.1. The summed E-state index contributed by atoms with van der Waals surface area (Å²) in [6, 6.07) is 3.39. The second kappa shape index (κ2) is 11.1. The second-order valence-electron chi connectivity index (χ2n) is 9.96. The Balaban J connectivity index is 1.81. The molecule has 2 aromatic rings. The van der Waals surface area contributed by atoms with Gasteiger partial charge in [-0.25, -0.2) is 0 Å². The molecular formula is C26H39N3O4. The Morgan fingerprint density at radius 2 is 1.70 bits per heavy atom. The molecule has 1 aliphatic rings. The number of benzene rings is 1. The smallest absolute Gasteiger partial charge is 0.258 e. The van der Waals surface area contributed by atoms with Crippen LogP contribution < -0.4 is 20.3 Å². The van der Waals surface area contributed by atoms with Gasteiger partial charge in [0.2, 0.25) is 0 Å². The first-order chi connectivity index (χ1) is 15.7. The number of fused-ring (bicyclic) bond motifs is 1. The number of hydrogen-bond acceptors (Lipinski definition) is 5. The number of rotatable bonds is 9. The summed E-state index contributed by atoms with van der Waals surface area (Å²) in [6.07, 6.45) is 3.87. The number of likely N-dealkylation sites (tertiary alicyclic amines) is 1. The maximum absolute atomic E-state index is 13.2. The van der Waals surface area contributed by atoms with Gasteiger partial charge in [-0.05, 0) is 49.3 Å². The maximum Gasteiger partial charge on any atom is 0.258 e. The predicted octanol–water partition coefficient (Wildman–Crippen LogP) is 3.77. The van der Waals surface area contributed by atoms with Crippen molar-refractivity contribution in [1.29, 1.82) is 0 Å². The van der Waals surface area contributed by atoms with Crippen LogP contribution in [0.5, 0.6) is 11.5 Å². The quantitative estimate of drug-likeness (QED) is 0.581. The van der Waals surface area contributed by atoms with Crippen LogP contribution in [-0.2, 0) is 6.54 Å². The molecular weight excluding hydrogens is 418 g/mol. The van der Waals surface area contributed by atoms with Crippen LogP contribution in [-0.4, -0.2) is 55.8 Å². The van der Waals surface area contributed by atoms with Gasteiger partial charge in [0, 0.05) is 37.8 Å². The largest absolute Gasteiger partial charge is 0.493 e. The van der Waals surface area contributed by atoms with Crippen molar-refractivity contribution >= 4 is 16.7 Å². The Labute approximate surface area is 197 Å². The van der Waals surface area contributed by atoms with Gasteiger partial charge >= 0.3 is 0 Å². The summed E-state index contributed by atoms with van der Waals surface area (Å²) in [5.41, 5.74) is 0.343. The number of carbonyl (C=O) groups is 1. The van der Waals surface area contributed by atoms with Crippen LogP contribution in [0.25, 0.3) is 10.8 Å². The molecule has 0 bridgehead atoms. The zero-order valence-corrected chi connectivity index (χ0v) is 20.9. The molecule has 7 heteroatoms. The fraction of sp³-hybridized carbons (Fsp3) is 0.615. The molecule has 7 nitrogen and oxygen atoms in total. The molecule has 1 saturated heterocycles. The van der Waals surface area contributed by atoms with Crippen molar-refractivity contribution in [3.05, 3.63) is 34.2 Å². The molecule has 182 valence electrons. The van der Waals surface area contributed by atoms with Gasteiger partial charge in [-0.3, -0.25) is 9.59 Å². The number of nitrogens with one attached hydrogen (secondary N) is 1. The number of carbonyl (C=O) groups excluding carboxylic acids is 1. The topological polar surface area (TPSA) is 72.8 Å². The Bertz CT molecular complexity index is 1020. The number of nitrogens with zero attached hydrogens (tertiary/aromatic N) is 2. The molecule has 33 heavy (non-hydrogen) atoms. The van der Waals surface area contributed by atoms with Gasteiger partial charge in [-0.2, -0.15) is 0 Å². The van der Waals surface area contributed by atoms with Gasteiger partial charge in [0.15, 0.2) is 11.5 Å². The van der Waals surface area contributed by atoms with E-state index >= 15 is 0 Å². The first kappa shape index (κ1) is 25.1. The number of ether oxygens (including phenoxy) is 2. The summed E-state index contributed by atoms with van der Waals surface area (Å²) >= 11 is 0. The van der Waals surface area contributed by atoms with Crippen LogP contribution in [0.4, 0.5) is 0 Å². The molecule has 1 aromatic heterocycles. The van der Waals surface area contributed by atoms with E-state index in [0.29, 0.717) is 40.9 Å². The first-order valence-electron chi connectivity index (χ1n) is 12.0. The average molecular weight is 458 g/mol. The monoisotopic (exact) mass is 457 g/mol. The van der Waals surface area contributed by atoms with Crippen molar-refractivity contribution in [2.45, 2.75) is 47.1 Å². The number of amides is 1. The van der Waals surface area contributed by atoms with Gasteiger partial charge < -0.3 is 24.3 Å². The number of hydrogen-bond donors (Lipinski definition) is 1. The molecule has 0 radical (unpaired) electrons. The van der Waals surface area contributed by atoms with E-state index < -0.39 is 0 Å². The van der Waals surface area contributed by atoms with E-state index in [-0.39, 0.29) is 17.4 Å². The summed E-state index contributed by atoms with van der Waals surface area (Å²) in [6.45, 7) is 13.1. The van der Waals surface area contributed by atoms with E-state index in [1.165, 1.54) is 13.5 Å². The molecule has 0 spiro atoms. The fourth-order valence-electron chi connectivity index (χ4n) is 5.00. The average Bonchev–Trinajstić information content (AvgIpc) is 2.76. The summed E-state index contributed by atoms with van der Waals surface area (Å²) in [5, 5.41) is 4.10. The van der Waals surface area contributed by atoms with Crippen LogP contribution in [0.1, 0.15) is 50.9 Å². The van der Waals surface area contributed by atoms with Crippen LogP contribution in [0, 0.1) is 17.8 Å². The van der Waals surface area contributed by atoms with Gasteiger partial charge in [-0.1, -0.05) is 27.7 Å². The fourth-order valence-corrected chi connectivity index (χ4v) is 5.00. The lowest BCUT2D eigenvalue weighted by Gasteiger charge is -2.34. The van der Waals surface area contributed by atoms with Crippen molar-refractivity contribution in [3.8, 4) is 11.5 Å². The molecule has 1 fully saturated rings. The van der Waals surface area contributed by atoms with Gasteiger partial charge in [-0.15, -0.1) is 0 Å². The van der Waals surface area contributed by atoms with E-state index in [4.69, 9.17) is 9.47 Å². The van der Waals surface area contributed by atoms with Gasteiger partial charge in [0.05, 0.1) is 25.2 Å². The zero-order valence-electron chi connectivity index (χ0n) is 20.9. The van der Waals surface area contributed by atoms with Crippen molar-refractivity contribution in [3.63, 3.8) is 0 Å². The highest BCUT2D eigenvalue weighted by Crippen LogP contribution is 2.32. The Kier molecular flexibility index (Phi) is 8.40. The third-order valence-electron chi connectivity index (χ3n) is 6.28. The highest BCUT2D eigenvalue weighted by molar-refractivity contribution is 6.07. The molecule has 1 aromatic carbocycles. The molecule has 1 N–H and O–H groups in total. The van der Waals surface area contributed by atoms with E-state index in [9.17, 15) is 9.59 Å². The van der Waals surface area contributed by atoms with E-state index in [1.807, 2.05) is 13.8 Å². The van der Waals surface area contributed by atoms with E-state index in [1.54, 1.807) is 30.0 Å². The maximum atomic E-state index is 13.2. The highest BCUT2D eigenvalue weighted by Gasteiger charge is 2.22. The van der Waals surface area contributed by atoms with Crippen LogP contribution in [0.2, 0.25) is 0 Å². The van der Waals surface area contributed by atoms with Crippen molar-refractivity contribution in [2.75, 3.05) is 40.4 Å². The third kappa shape index (κ3) is 6.08. The van der Waals surface area contributed by atoms with Crippen molar-refractivity contribution in [1.82, 2.24) is 14.8 Å². The van der Waals surface area contributed by atoms with Gasteiger partial charge in [0.1, 0.15) is 0 Å². The number of aromatic nitrogens is 1. The van der Waals surface area contributed by atoms with E-state index in [0.717, 1.165) is 37.9 Å². The minimum atomic E-state index is -0.176. The summed E-state index contributed by atoms with van der Waals surface area (Å²) < 4.78 is 12.4. The molecule has 3 rings (SSSR count). The molecule has 0 unspecified atom stereocenters. The normalized spacial score (nSPS) is 19.1. The minimum Gasteiger partial charge on any atom is -0.493 e. The van der Waals surface area contributed by atoms with Gasteiger partial charge in [0.25, 0.3) is 11.5 Å². The van der Waals surface area contributed by atoms with Crippen LogP contribution >= 0.6 is 0 Å². The standard InChI is InChI=1S/C26H39N3O4/c1-17(2)13-29-16-22(20-11-23(32-5)24(33-6)12-21(20)26(29)31)25(30)27-8-7-9-28-14-18(3)10-19(4)15-28/h11-12,16-19H,7-10,13-15H2,1-6H3,(H,27,30)/t18-,19+. The third-order valence-corrected chi connectivity index (χ3v) is 6.28. The molecule has 1 amide bonds. The lowest BCUT2D eigenvalue weighted by atomic mass is 9.92. The molecule has 0 aliphatic carbocycles. The van der Waals surface area contributed by atoms with Crippen LogP contribution in [0.15, 0.2) is 23.1 Å². The number of piperidine rings is 1. The summed E-state index contributed by atoms with van der Waals surface area (Å²) in [7, 11) is 3.09. The van der Waals surface area contributed by atoms with Crippen molar-refractivity contribution in [2.24, 2.45) is 17.8 Å². The number of pyridine rings is 1. The highest BCUT2D eigenvalue weighted by atomic mass is 16.5. The first-order valence-corrected chi connectivity index (χ1v) is 12.0. The SMILES string of the molecule is COc1cc2c(C(=O)NCCCN3C[C@H](C)C[C@H](C)C3)cn(CC(C)C)c(=O)c2cc1OC. The molecule has 0 saturated carbocycles. The summed E-state index contributed by atoms with van der Waals surface area (Å²) in [5.74, 6) is 2.51. The minimum absolute atomic E-state index is 0.135. The molecule has 2 atom stereocenters.